The lowest BCUT2D eigenvalue weighted by atomic mass is 10.3. The third-order valence-electron chi connectivity index (χ3n) is 2.85. The Morgan fingerprint density at radius 3 is 2.40 bits per heavy atom. The van der Waals surface area contributed by atoms with Crippen LogP contribution >= 0.6 is 0 Å². The maximum absolute atomic E-state index is 11.7. The highest BCUT2D eigenvalue weighted by Crippen LogP contribution is 2.17. The fraction of sp³-hybridized carbons (Fsp3) is 0.571. The lowest BCUT2D eigenvalue weighted by Gasteiger charge is -2.21. The zero-order valence-corrected chi connectivity index (χ0v) is 13.5. The van der Waals surface area contributed by atoms with Crippen LogP contribution in [0.5, 0.6) is 0 Å². The van der Waals surface area contributed by atoms with Crippen LogP contribution in [-0.2, 0) is 13.6 Å². The highest BCUT2D eigenvalue weighted by molar-refractivity contribution is 6.46. The van der Waals surface area contributed by atoms with Gasteiger partial charge in [-0.15, -0.1) is 0 Å². The molecule has 1 atom stereocenters. The van der Waals surface area contributed by atoms with Gasteiger partial charge in [0.05, 0.1) is 12.2 Å². The van der Waals surface area contributed by atoms with Crippen molar-refractivity contribution >= 4 is 15.3 Å². The summed E-state index contributed by atoms with van der Waals surface area (Å²) in [6.45, 7) is 7.73. The quantitative estimate of drug-likeness (QED) is 0.517. The molecular weight excluding hydrogens is 274 g/mol. The summed E-state index contributed by atoms with van der Waals surface area (Å²) >= 11 is 0. The van der Waals surface area contributed by atoms with Gasteiger partial charge in [-0.2, -0.15) is 0 Å². The first kappa shape index (κ1) is 16.8. The zero-order chi connectivity index (χ0) is 14.8. The molecule has 0 aliphatic heterocycles. The van der Waals surface area contributed by atoms with E-state index < -0.39 is 9.28 Å². The molecule has 1 rings (SSSR count). The Kier molecular flexibility index (Phi) is 8.09. The number of nitrogens with zero attached hydrogens (tertiary/aromatic N) is 1. The third-order valence-corrected chi connectivity index (χ3v) is 5.44. The van der Waals surface area contributed by atoms with Crippen molar-refractivity contribution in [3.05, 3.63) is 30.1 Å². The van der Waals surface area contributed by atoms with Crippen LogP contribution in [-0.4, -0.2) is 40.1 Å². The Morgan fingerprint density at radius 1 is 1.25 bits per heavy atom. The Labute approximate surface area is 122 Å². The maximum atomic E-state index is 11.7. The summed E-state index contributed by atoms with van der Waals surface area (Å²) in [5, 5.41) is 0. The van der Waals surface area contributed by atoms with E-state index in [1.807, 2.05) is 13.8 Å². The molecule has 0 N–H and O–H groups in total. The Bertz CT molecular complexity index is 382. The Balaban J connectivity index is 2.33. The molecule has 0 aliphatic rings. The fourth-order valence-corrected chi connectivity index (χ4v) is 3.57. The fourth-order valence-electron chi connectivity index (χ4n) is 1.75. The molecule has 0 amide bonds. The van der Waals surface area contributed by atoms with Gasteiger partial charge in [-0.3, -0.25) is 4.98 Å². The first-order valence-electron chi connectivity index (χ1n) is 6.99. The molecule has 0 spiro atoms. The summed E-state index contributed by atoms with van der Waals surface area (Å²) < 4.78 is 16.6. The second-order valence-corrected chi connectivity index (χ2v) is 6.96. The van der Waals surface area contributed by atoms with Gasteiger partial charge in [-0.05, 0) is 32.4 Å². The lowest BCUT2D eigenvalue weighted by Crippen LogP contribution is -2.28. The Hall–Kier alpha value is -1.24. The van der Waals surface area contributed by atoms with Crippen molar-refractivity contribution in [1.82, 2.24) is 4.98 Å². The average Bonchev–Trinajstić information content (AvgIpc) is 2.47. The second kappa shape index (κ2) is 9.63. The number of ether oxygens (including phenoxy) is 1. The van der Waals surface area contributed by atoms with Gasteiger partial charge in [-0.1, -0.05) is 6.92 Å². The topological polar surface area (TPSA) is 57.7 Å². The standard InChI is InChI=1S/C14H23NO4Si/c1-4-18-20(19-5-2)12(3)8-11-17-14(16)13-6-9-15-10-7-13/h6-7,9-10,12,20H,4-5,8,11H2,1-3H3. The molecule has 1 heterocycles. The van der Waals surface area contributed by atoms with Gasteiger partial charge >= 0.3 is 15.3 Å². The van der Waals surface area contributed by atoms with Gasteiger partial charge in [0.15, 0.2) is 0 Å². The summed E-state index contributed by atoms with van der Waals surface area (Å²) in [6, 6.07) is 3.29. The number of hydrogen-bond donors (Lipinski definition) is 0. The van der Waals surface area contributed by atoms with Crippen LogP contribution in [0.2, 0.25) is 5.54 Å². The lowest BCUT2D eigenvalue weighted by molar-refractivity contribution is 0.0494. The van der Waals surface area contributed by atoms with Crippen molar-refractivity contribution < 1.29 is 18.4 Å². The monoisotopic (exact) mass is 297 g/mol. The molecule has 0 radical (unpaired) electrons. The summed E-state index contributed by atoms with van der Waals surface area (Å²) in [5.74, 6) is -0.314. The molecule has 1 aromatic rings. The molecule has 0 fully saturated rings. The minimum Gasteiger partial charge on any atom is -0.462 e. The predicted octanol–water partition coefficient (Wildman–Crippen LogP) is 2.31. The number of carbonyl (C=O) groups excluding carboxylic acids is 1. The maximum Gasteiger partial charge on any atom is 0.338 e. The molecule has 0 saturated carbocycles. The SMILES string of the molecule is CCO[SiH](OCC)C(C)CCOC(=O)c1ccncc1. The van der Waals surface area contributed by atoms with Crippen LogP contribution in [0.3, 0.4) is 0 Å². The Morgan fingerprint density at radius 2 is 1.85 bits per heavy atom. The molecule has 0 aliphatic carbocycles. The molecule has 0 bridgehead atoms. The van der Waals surface area contributed by atoms with Gasteiger partial charge < -0.3 is 13.6 Å². The minimum atomic E-state index is -1.67. The number of aromatic nitrogens is 1. The van der Waals surface area contributed by atoms with Crippen LogP contribution in [0.1, 0.15) is 37.6 Å². The summed E-state index contributed by atoms with van der Waals surface area (Å²) in [4.78, 5) is 15.6. The first-order valence-corrected chi connectivity index (χ1v) is 8.60. The average molecular weight is 297 g/mol. The van der Waals surface area contributed by atoms with E-state index in [2.05, 4.69) is 11.9 Å². The van der Waals surface area contributed by atoms with Crippen molar-refractivity contribution in [3.63, 3.8) is 0 Å². The van der Waals surface area contributed by atoms with Crippen LogP contribution in [0, 0.1) is 0 Å². The molecule has 1 unspecified atom stereocenters. The minimum absolute atomic E-state index is 0.306. The predicted molar refractivity (Wildman–Crippen MR) is 79.0 cm³/mol. The van der Waals surface area contributed by atoms with Gasteiger partial charge in [0.25, 0.3) is 0 Å². The summed E-state index contributed by atoms with van der Waals surface area (Å²) in [7, 11) is -1.67. The number of rotatable bonds is 9. The van der Waals surface area contributed by atoms with E-state index in [1.54, 1.807) is 24.5 Å². The van der Waals surface area contributed by atoms with Crippen molar-refractivity contribution in [2.24, 2.45) is 0 Å². The highest BCUT2D eigenvalue weighted by Gasteiger charge is 2.21. The van der Waals surface area contributed by atoms with E-state index >= 15 is 0 Å². The van der Waals surface area contributed by atoms with E-state index in [0.717, 1.165) is 6.42 Å². The van der Waals surface area contributed by atoms with E-state index in [9.17, 15) is 4.79 Å². The van der Waals surface area contributed by atoms with E-state index in [4.69, 9.17) is 13.6 Å². The molecule has 0 saturated heterocycles. The second-order valence-electron chi connectivity index (χ2n) is 4.42. The van der Waals surface area contributed by atoms with Gasteiger partial charge in [0.2, 0.25) is 0 Å². The van der Waals surface area contributed by atoms with E-state index in [0.29, 0.717) is 30.9 Å². The van der Waals surface area contributed by atoms with Crippen LogP contribution in [0.15, 0.2) is 24.5 Å². The van der Waals surface area contributed by atoms with Crippen LogP contribution in [0.4, 0.5) is 0 Å². The summed E-state index contributed by atoms with van der Waals surface area (Å²) in [5.41, 5.74) is 0.830. The van der Waals surface area contributed by atoms with E-state index in [1.165, 1.54) is 0 Å². The van der Waals surface area contributed by atoms with Crippen molar-refractivity contribution in [2.45, 2.75) is 32.7 Å². The largest absolute Gasteiger partial charge is 0.462 e. The zero-order valence-electron chi connectivity index (χ0n) is 12.4. The first-order chi connectivity index (χ1) is 9.69. The van der Waals surface area contributed by atoms with Gasteiger partial charge in [0.1, 0.15) is 0 Å². The summed E-state index contributed by atoms with van der Waals surface area (Å²) in [6.07, 6.45) is 3.91. The smallest absolute Gasteiger partial charge is 0.338 e. The molecule has 0 aromatic carbocycles. The van der Waals surface area contributed by atoms with Gasteiger partial charge in [0, 0.05) is 31.1 Å². The number of hydrogen-bond acceptors (Lipinski definition) is 5. The van der Waals surface area contributed by atoms with Crippen molar-refractivity contribution in [3.8, 4) is 0 Å². The highest BCUT2D eigenvalue weighted by atomic mass is 28.3. The number of pyridine rings is 1. The van der Waals surface area contributed by atoms with Crippen LogP contribution in [0.25, 0.3) is 0 Å². The third kappa shape index (κ3) is 5.81. The molecular formula is C14H23NO4Si. The molecule has 6 heteroatoms. The number of carbonyl (C=O) groups is 1. The van der Waals surface area contributed by atoms with Crippen LogP contribution < -0.4 is 0 Å². The van der Waals surface area contributed by atoms with Crippen molar-refractivity contribution in [2.75, 3.05) is 19.8 Å². The van der Waals surface area contributed by atoms with E-state index in [-0.39, 0.29) is 5.97 Å². The van der Waals surface area contributed by atoms with Gasteiger partial charge in [-0.25, -0.2) is 4.79 Å². The molecule has 1 aromatic heterocycles. The molecule has 5 nitrogen and oxygen atoms in total. The number of esters is 1. The normalized spacial score (nSPS) is 12.4. The van der Waals surface area contributed by atoms with Crippen molar-refractivity contribution in [1.29, 1.82) is 0 Å². The molecule has 112 valence electrons. The molecule has 20 heavy (non-hydrogen) atoms.